The van der Waals surface area contributed by atoms with Crippen molar-refractivity contribution in [1.29, 1.82) is 0 Å². The molecule has 0 saturated heterocycles. The van der Waals surface area contributed by atoms with Crippen molar-refractivity contribution >= 4 is 5.91 Å². The minimum absolute atomic E-state index is 0.0604. The lowest BCUT2D eigenvalue weighted by Crippen LogP contribution is -2.36. The van der Waals surface area contributed by atoms with Crippen LogP contribution in [0.25, 0.3) is 0 Å². The summed E-state index contributed by atoms with van der Waals surface area (Å²) in [5.41, 5.74) is 7.29. The predicted octanol–water partition coefficient (Wildman–Crippen LogP) is 1.53. The van der Waals surface area contributed by atoms with Crippen LogP contribution in [0.4, 0.5) is 0 Å². The highest BCUT2D eigenvalue weighted by atomic mass is 16.5. The maximum atomic E-state index is 11.1. The number of aromatic nitrogens is 1. The zero-order valence-electron chi connectivity index (χ0n) is 12.2. The summed E-state index contributed by atoms with van der Waals surface area (Å²) in [7, 11) is 1.66. The van der Waals surface area contributed by atoms with Gasteiger partial charge in [-0.25, -0.2) is 0 Å². The molecule has 0 spiro atoms. The van der Waals surface area contributed by atoms with Crippen LogP contribution in [0.3, 0.4) is 0 Å². The maximum Gasteiger partial charge on any atom is 0.220 e. The zero-order chi connectivity index (χ0) is 14.5. The number of pyridine rings is 1. The second-order valence-corrected chi connectivity index (χ2v) is 5.47. The van der Waals surface area contributed by atoms with Crippen LogP contribution < -0.4 is 15.8 Å². The maximum absolute atomic E-state index is 11.1. The monoisotopic (exact) mass is 277 g/mol. The Labute approximate surface area is 119 Å². The number of rotatable bonds is 5. The summed E-state index contributed by atoms with van der Waals surface area (Å²) in [6.45, 7) is 2.69. The van der Waals surface area contributed by atoms with Crippen molar-refractivity contribution in [1.82, 2.24) is 10.3 Å². The van der Waals surface area contributed by atoms with Crippen LogP contribution in [0.5, 0.6) is 5.75 Å². The molecule has 5 heteroatoms. The molecule has 1 aromatic rings. The number of carbonyl (C=O) groups excluding carboxylic acids is 1. The van der Waals surface area contributed by atoms with Crippen molar-refractivity contribution in [3.63, 3.8) is 0 Å². The quantitative estimate of drug-likeness (QED) is 0.855. The van der Waals surface area contributed by atoms with Gasteiger partial charge in [-0.1, -0.05) is 0 Å². The molecule has 1 amide bonds. The molecule has 3 N–H and O–H groups in total. The smallest absolute Gasteiger partial charge is 0.220 e. The third-order valence-electron chi connectivity index (χ3n) is 3.92. The van der Waals surface area contributed by atoms with Gasteiger partial charge in [0.05, 0.1) is 12.8 Å². The van der Waals surface area contributed by atoms with E-state index in [1.165, 1.54) is 0 Å². The van der Waals surface area contributed by atoms with E-state index in [-0.39, 0.29) is 11.8 Å². The Morgan fingerprint density at radius 3 is 2.70 bits per heavy atom. The average molecular weight is 277 g/mol. The number of hydrogen-bond donors (Lipinski definition) is 2. The lowest BCUT2D eigenvalue weighted by molar-refractivity contribution is -0.122. The number of primary amides is 1. The van der Waals surface area contributed by atoms with E-state index in [0.29, 0.717) is 6.04 Å². The van der Waals surface area contributed by atoms with E-state index in [2.05, 4.69) is 10.3 Å². The normalized spacial score (nSPS) is 22.5. The van der Waals surface area contributed by atoms with Crippen molar-refractivity contribution in [3.05, 3.63) is 23.5 Å². The Morgan fingerprint density at radius 2 is 2.10 bits per heavy atom. The molecule has 5 nitrogen and oxygen atoms in total. The summed E-state index contributed by atoms with van der Waals surface area (Å²) in [6, 6.07) is 4.32. The minimum atomic E-state index is -0.159. The molecule has 0 aromatic carbocycles. The lowest BCUT2D eigenvalue weighted by Gasteiger charge is -2.27. The summed E-state index contributed by atoms with van der Waals surface area (Å²) in [5.74, 6) is 0.741. The Kier molecular flexibility index (Phi) is 4.95. The molecule has 1 fully saturated rings. The molecular formula is C15H23N3O2. The Hall–Kier alpha value is -1.62. The summed E-state index contributed by atoms with van der Waals surface area (Å²) < 4.78 is 5.25. The first kappa shape index (κ1) is 14.8. The van der Waals surface area contributed by atoms with Crippen LogP contribution in [-0.2, 0) is 11.3 Å². The second-order valence-electron chi connectivity index (χ2n) is 5.47. The summed E-state index contributed by atoms with van der Waals surface area (Å²) in [5, 5.41) is 3.51. The van der Waals surface area contributed by atoms with E-state index in [4.69, 9.17) is 10.5 Å². The van der Waals surface area contributed by atoms with Crippen molar-refractivity contribution in [2.75, 3.05) is 7.11 Å². The standard InChI is InChI=1S/C15H23N3O2/c1-10-7-14(20-2)8-13(18-10)9-17-12-5-3-11(4-6-12)15(16)19/h7-8,11-12,17H,3-6,9H2,1-2H3,(H2,16,19). The highest BCUT2D eigenvalue weighted by molar-refractivity contribution is 5.76. The molecule has 1 aliphatic carbocycles. The number of methoxy groups -OCH3 is 1. The molecule has 2 rings (SSSR count). The largest absolute Gasteiger partial charge is 0.497 e. The fourth-order valence-corrected chi connectivity index (χ4v) is 2.74. The Morgan fingerprint density at radius 1 is 1.40 bits per heavy atom. The first-order valence-electron chi connectivity index (χ1n) is 7.12. The highest BCUT2D eigenvalue weighted by Gasteiger charge is 2.24. The SMILES string of the molecule is COc1cc(C)nc(CNC2CCC(C(N)=O)CC2)c1. The van der Waals surface area contributed by atoms with E-state index in [1.807, 2.05) is 19.1 Å². The van der Waals surface area contributed by atoms with Crippen molar-refractivity contribution < 1.29 is 9.53 Å². The molecule has 0 unspecified atom stereocenters. The van der Waals surface area contributed by atoms with Crippen LogP contribution in [0.15, 0.2) is 12.1 Å². The second kappa shape index (κ2) is 6.70. The Bertz CT molecular complexity index is 468. The first-order valence-corrected chi connectivity index (χ1v) is 7.12. The fraction of sp³-hybridized carbons (Fsp3) is 0.600. The van der Waals surface area contributed by atoms with Crippen molar-refractivity contribution in [2.45, 2.75) is 45.2 Å². The van der Waals surface area contributed by atoms with Crippen LogP contribution in [-0.4, -0.2) is 24.0 Å². The van der Waals surface area contributed by atoms with Gasteiger partial charge in [-0.2, -0.15) is 0 Å². The summed E-state index contributed by atoms with van der Waals surface area (Å²) in [4.78, 5) is 15.6. The van der Waals surface area contributed by atoms with E-state index in [0.717, 1.165) is 49.4 Å². The lowest BCUT2D eigenvalue weighted by atomic mass is 9.85. The number of ether oxygens (including phenoxy) is 1. The molecule has 20 heavy (non-hydrogen) atoms. The third-order valence-corrected chi connectivity index (χ3v) is 3.92. The van der Waals surface area contributed by atoms with E-state index in [1.54, 1.807) is 7.11 Å². The topological polar surface area (TPSA) is 77.2 Å². The highest BCUT2D eigenvalue weighted by Crippen LogP contribution is 2.24. The van der Waals surface area contributed by atoms with Crippen LogP contribution in [0.2, 0.25) is 0 Å². The van der Waals surface area contributed by atoms with Crippen molar-refractivity contribution in [2.24, 2.45) is 11.7 Å². The molecule has 0 radical (unpaired) electrons. The van der Waals surface area contributed by atoms with E-state index < -0.39 is 0 Å². The molecule has 1 aromatic heterocycles. The van der Waals surface area contributed by atoms with Gasteiger partial charge in [-0.3, -0.25) is 9.78 Å². The van der Waals surface area contributed by atoms with Gasteiger partial charge in [0.15, 0.2) is 0 Å². The summed E-state index contributed by atoms with van der Waals surface area (Å²) >= 11 is 0. The molecule has 0 atom stereocenters. The average Bonchev–Trinajstić information content (AvgIpc) is 2.45. The molecule has 1 saturated carbocycles. The number of nitrogens with two attached hydrogens (primary N) is 1. The number of nitrogens with one attached hydrogen (secondary N) is 1. The fourth-order valence-electron chi connectivity index (χ4n) is 2.74. The zero-order valence-corrected chi connectivity index (χ0v) is 12.2. The number of nitrogens with zero attached hydrogens (tertiary/aromatic N) is 1. The van der Waals surface area contributed by atoms with Crippen LogP contribution >= 0.6 is 0 Å². The van der Waals surface area contributed by atoms with Gasteiger partial charge in [-0.15, -0.1) is 0 Å². The molecular weight excluding hydrogens is 254 g/mol. The molecule has 110 valence electrons. The van der Waals surface area contributed by atoms with Gasteiger partial charge < -0.3 is 15.8 Å². The third kappa shape index (κ3) is 3.93. The van der Waals surface area contributed by atoms with Crippen LogP contribution in [0, 0.1) is 12.8 Å². The molecule has 1 heterocycles. The van der Waals surface area contributed by atoms with Gasteiger partial charge in [0.2, 0.25) is 5.91 Å². The van der Waals surface area contributed by atoms with E-state index in [9.17, 15) is 4.79 Å². The number of amides is 1. The van der Waals surface area contributed by atoms with E-state index >= 15 is 0 Å². The Balaban J connectivity index is 1.84. The predicted molar refractivity (Wildman–Crippen MR) is 77.3 cm³/mol. The van der Waals surface area contributed by atoms with Gasteiger partial charge in [-0.05, 0) is 32.6 Å². The van der Waals surface area contributed by atoms with Crippen molar-refractivity contribution in [3.8, 4) is 5.75 Å². The van der Waals surface area contributed by atoms with Gasteiger partial charge in [0.1, 0.15) is 5.75 Å². The van der Waals surface area contributed by atoms with Crippen LogP contribution in [0.1, 0.15) is 37.1 Å². The number of aryl methyl sites for hydroxylation is 1. The number of hydrogen-bond acceptors (Lipinski definition) is 4. The van der Waals surface area contributed by atoms with Gasteiger partial charge >= 0.3 is 0 Å². The van der Waals surface area contributed by atoms with Gasteiger partial charge in [0.25, 0.3) is 0 Å². The molecule has 1 aliphatic rings. The van der Waals surface area contributed by atoms with Gasteiger partial charge in [0, 0.05) is 36.3 Å². The molecule has 0 bridgehead atoms. The number of carbonyl (C=O) groups is 1. The minimum Gasteiger partial charge on any atom is -0.497 e. The summed E-state index contributed by atoms with van der Waals surface area (Å²) in [6.07, 6.45) is 3.77. The first-order chi connectivity index (χ1) is 9.58. The molecule has 0 aliphatic heterocycles.